The Morgan fingerprint density at radius 1 is 0.955 bits per heavy atom. The summed E-state index contributed by atoms with van der Waals surface area (Å²) in [5.74, 6) is 0.864. The standard InChI is InChI=1S/C17H14NO2S2/c19-18(20)15-10-8-14(9-11-15)13-22(17-7-4-12-21-17)16-5-2-1-3-6-16/h1-12H,13H2/q+1. The molecule has 22 heavy (non-hydrogen) atoms. The molecular formula is C17H14NO2S2+. The summed E-state index contributed by atoms with van der Waals surface area (Å²) >= 11 is 1.76. The summed E-state index contributed by atoms with van der Waals surface area (Å²) in [6, 6.07) is 21.5. The smallest absolute Gasteiger partial charge is 0.258 e. The van der Waals surface area contributed by atoms with Gasteiger partial charge in [0.1, 0.15) is 5.75 Å². The summed E-state index contributed by atoms with van der Waals surface area (Å²) in [4.78, 5) is 11.7. The van der Waals surface area contributed by atoms with Crippen LogP contribution >= 0.6 is 11.3 Å². The van der Waals surface area contributed by atoms with Crippen molar-refractivity contribution in [3.05, 3.63) is 87.8 Å². The van der Waals surface area contributed by atoms with Gasteiger partial charge in [0, 0.05) is 23.8 Å². The molecule has 1 unspecified atom stereocenters. The number of hydrogen-bond donors (Lipinski definition) is 0. The molecule has 0 aliphatic rings. The summed E-state index contributed by atoms with van der Waals surface area (Å²) in [6.45, 7) is 0. The Morgan fingerprint density at radius 2 is 1.68 bits per heavy atom. The van der Waals surface area contributed by atoms with Crippen molar-refractivity contribution in [2.24, 2.45) is 0 Å². The van der Waals surface area contributed by atoms with Gasteiger partial charge >= 0.3 is 0 Å². The van der Waals surface area contributed by atoms with Gasteiger partial charge in [-0.15, -0.1) is 0 Å². The zero-order valence-electron chi connectivity index (χ0n) is 11.7. The van der Waals surface area contributed by atoms with E-state index in [4.69, 9.17) is 0 Å². The monoisotopic (exact) mass is 328 g/mol. The van der Waals surface area contributed by atoms with E-state index in [0.29, 0.717) is 0 Å². The molecule has 0 aliphatic heterocycles. The Labute approximate surface area is 135 Å². The number of nitrogens with zero attached hydrogens (tertiary/aromatic N) is 1. The first-order chi connectivity index (χ1) is 10.7. The summed E-state index contributed by atoms with van der Waals surface area (Å²) < 4.78 is 1.34. The van der Waals surface area contributed by atoms with Crippen LogP contribution < -0.4 is 0 Å². The van der Waals surface area contributed by atoms with E-state index < -0.39 is 0 Å². The number of nitro benzene ring substituents is 1. The molecule has 0 fully saturated rings. The molecule has 0 saturated carbocycles. The fourth-order valence-electron chi connectivity index (χ4n) is 2.14. The van der Waals surface area contributed by atoms with Crippen molar-refractivity contribution in [1.29, 1.82) is 0 Å². The van der Waals surface area contributed by atoms with E-state index in [1.54, 1.807) is 23.5 Å². The van der Waals surface area contributed by atoms with Crippen LogP contribution in [0.25, 0.3) is 0 Å². The molecule has 0 N–H and O–H groups in total. The Hall–Kier alpha value is -2.11. The number of rotatable bonds is 5. The van der Waals surface area contributed by atoms with E-state index in [0.717, 1.165) is 11.3 Å². The van der Waals surface area contributed by atoms with Crippen LogP contribution in [-0.2, 0) is 16.6 Å². The zero-order chi connectivity index (χ0) is 15.4. The van der Waals surface area contributed by atoms with Crippen LogP contribution in [0.4, 0.5) is 5.69 Å². The number of non-ortho nitro benzene ring substituents is 1. The third-order valence-electron chi connectivity index (χ3n) is 3.22. The van der Waals surface area contributed by atoms with Crippen molar-refractivity contribution in [1.82, 2.24) is 0 Å². The fourth-order valence-corrected chi connectivity index (χ4v) is 5.48. The van der Waals surface area contributed by atoms with Crippen LogP contribution in [0.3, 0.4) is 0 Å². The molecule has 0 bridgehead atoms. The van der Waals surface area contributed by atoms with Gasteiger partial charge in [-0.25, -0.2) is 0 Å². The van der Waals surface area contributed by atoms with E-state index >= 15 is 0 Å². The van der Waals surface area contributed by atoms with Gasteiger partial charge in [-0.1, -0.05) is 29.5 Å². The van der Waals surface area contributed by atoms with Crippen molar-refractivity contribution in [3.63, 3.8) is 0 Å². The lowest BCUT2D eigenvalue weighted by molar-refractivity contribution is -0.384. The van der Waals surface area contributed by atoms with Crippen molar-refractivity contribution >= 4 is 27.9 Å². The zero-order valence-corrected chi connectivity index (χ0v) is 13.3. The first kappa shape index (κ1) is 14.8. The maximum absolute atomic E-state index is 10.8. The van der Waals surface area contributed by atoms with Gasteiger partial charge in [-0.05, 0) is 35.7 Å². The van der Waals surface area contributed by atoms with Gasteiger partial charge < -0.3 is 0 Å². The number of hydrogen-bond acceptors (Lipinski definition) is 3. The molecule has 0 saturated heterocycles. The highest BCUT2D eigenvalue weighted by Crippen LogP contribution is 2.30. The van der Waals surface area contributed by atoms with Crippen molar-refractivity contribution in [3.8, 4) is 0 Å². The quantitative estimate of drug-likeness (QED) is 0.380. The van der Waals surface area contributed by atoms with E-state index in [2.05, 4.69) is 41.8 Å². The first-order valence-electron chi connectivity index (χ1n) is 6.77. The number of nitro groups is 1. The second-order valence-electron chi connectivity index (χ2n) is 4.70. The second kappa shape index (κ2) is 6.77. The summed E-state index contributed by atoms with van der Waals surface area (Å²) in [6.07, 6.45) is 0. The molecule has 3 aromatic rings. The number of benzene rings is 2. The highest BCUT2D eigenvalue weighted by Gasteiger charge is 2.26. The minimum absolute atomic E-state index is 0.0398. The van der Waals surface area contributed by atoms with Gasteiger partial charge in [-0.2, -0.15) is 0 Å². The number of thiophene rings is 1. The highest BCUT2D eigenvalue weighted by molar-refractivity contribution is 7.98. The van der Waals surface area contributed by atoms with E-state index in [1.807, 2.05) is 18.2 Å². The van der Waals surface area contributed by atoms with Gasteiger partial charge in [0.05, 0.1) is 15.8 Å². The van der Waals surface area contributed by atoms with E-state index in [1.165, 1.54) is 9.10 Å². The van der Waals surface area contributed by atoms with Crippen LogP contribution in [-0.4, -0.2) is 4.92 Å². The maximum Gasteiger partial charge on any atom is 0.269 e. The predicted molar refractivity (Wildman–Crippen MR) is 91.5 cm³/mol. The minimum Gasteiger partial charge on any atom is -0.258 e. The molecule has 3 rings (SSSR count). The van der Waals surface area contributed by atoms with Crippen LogP contribution in [0.5, 0.6) is 0 Å². The topological polar surface area (TPSA) is 43.1 Å². The molecule has 0 radical (unpaired) electrons. The van der Waals surface area contributed by atoms with Gasteiger partial charge in [0.15, 0.2) is 4.90 Å². The lowest BCUT2D eigenvalue weighted by Gasteiger charge is -2.06. The summed E-state index contributed by atoms with van der Waals surface area (Å²) in [7, 11) is -0.0398. The highest BCUT2D eigenvalue weighted by atomic mass is 32.2. The Morgan fingerprint density at radius 3 is 2.27 bits per heavy atom. The molecule has 5 heteroatoms. The molecule has 0 amide bonds. The average Bonchev–Trinajstić information content (AvgIpc) is 3.08. The van der Waals surface area contributed by atoms with E-state index in [9.17, 15) is 10.1 Å². The molecule has 1 aromatic heterocycles. The Bertz CT molecular complexity index is 740. The molecule has 3 nitrogen and oxygen atoms in total. The van der Waals surface area contributed by atoms with Gasteiger partial charge in [0.2, 0.25) is 4.21 Å². The molecule has 2 aromatic carbocycles. The SMILES string of the molecule is O=[N+]([O-])c1ccc(C[S+](c2ccccc2)c2cccs2)cc1. The van der Waals surface area contributed by atoms with Crippen molar-refractivity contribution in [2.45, 2.75) is 14.9 Å². The fraction of sp³-hybridized carbons (Fsp3) is 0.0588. The van der Waals surface area contributed by atoms with Crippen molar-refractivity contribution < 1.29 is 4.92 Å². The predicted octanol–water partition coefficient (Wildman–Crippen LogP) is 4.89. The lowest BCUT2D eigenvalue weighted by atomic mass is 10.2. The summed E-state index contributed by atoms with van der Waals surface area (Å²) in [5.41, 5.74) is 1.26. The van der Waals surface area contributed by atoms with Crippen LogP contribution in [0.2, 0.25) is 0 Å². The van der Waals surface area contributed by atoms with Crippen molar-refractivity contribution in [2.75, 3.05) is 0 Å². The third-order valence-corrected chi connectivity index (χ3v) is 6.86. The lowest BCUT2D eigenvalue weighted by Crippen LogP contribution is -2.05. The Balaban J connectivity index is 1.89. The average molecular weight is 328 g/mol. The third kappa shape index (κ3) is 3.37. The van der Waals surface area contributed by atoms with Gasteiger partial charge in [0.25, 0.3) is 5.69 Å². The molecule has 0 spiro atoms. The molecule has 1 atom stereocenters. The summed E-state index contributed by atoms with van der Waals surface area (Å²) in [5, 5.41) is 12.8. The van der Waals surface area contributed by atoms with Crippen LogP contribution in [0, 0.1) is 10.1 Å². The molecule has 110 valence electrons. The minimum atomic E-state index is -0.361. The Kier molecular flexibility index (Phi) is 4.56. The van der Waals surface area contributed by atoms with Crippen LogP contribution in [0.15, 0.2) is 81.2 Å². The normalized spacial score (nSPS) is 12.0. The van der Waals surface area contributed by atoms with Crippen LogP contribution in [0.1, 0.15) is 5.56 Å². The van der Waals surface area contributed by atoms with E-state index in [-0.39, 0.29) is 21.5 Å². The van der Waals surface area contributed by atoms with Gasteiger partial charge in [-0.3, -0.25) is 10.1 Å². The molecule has 0 aliphatic carbocycles. The second-order valence-corrected chi connectivity index (χ2v) is 7.89. The largest absolute Gasteiger partial charge is 0.269 e. The maximum atomic E-state index is 10.8. The molecule has 1 heterocycles. The molecular weight excluding hydrogens is 314 g/mol. The first-order valence-corrected chi connectivity index (χ1v) is 9.04.